The van der Waals surface area contributed by atoms with Gasteiger partial charge in [-0.2, -0.15) is 0 Å². The third kappa shape index (κ3) is 2.88. The summed E-state index contributed by atoms with van der Waals surface area (Å²) in [5.74, 6) is 0.511. The molecule has 106 valence electrons. The first-order valence-electron chi connectivity index (χ1n) is 6.48. The quantitative estimate of drug-likeness (QED) is 0.796. The Kier molecular flexibility index (Phi) is 4.49. The summed E-state index contributed by atoms with van der Waals surface area (Å²) in [6, 6.07) is 7.32. The number of carbonyl (C=O) groups excluding carboxylic acids is 2. The van der Waals surface area contributed by atoms with Crippen LogP contribution in [0.4, 0.5) is 4.79 Å². The van der Waals surface area contributed by atoms with E-state index in [1.165, 1.54) is 4.90 Å². The van der Waals surface area contributed by atoms with E-state index in [9.17, 15) is 9.59 Å². The summed E-state index contributed by atoms with van der Waals surface area (Å²) in [5, 5.41) is -0.196. The third-order valence-electron chi connectivity index (χ3n) is 3.25. The highest BCUT2D eigenvalue weighted by Gasteiger charge is 2.37. The van der Waals surface area contributed by atoms with Gasteiger partial charge in [-0.15, -0.1) is 0 Å². The minimum Gasteiger partial charge on any atom is -0.497 e. The van der Waals surface area contributed by atoms with Crippen LogP contribution in [0.2, 0.25) is 0 Å². The molecular weight excluding hydrogens is 274 g/mol. The standard InChI is InChI=1S/C15H17NO3S/c1-4-10(2)16-14(17)13(20-15(16)18)9-11-6-5-7-12(8-11)19-3/h5-10H,4H2,1-3H3/b13-9+. The first-order valence-corrected chi connectivity index (χ1v) is 7.29. The summed E-state index contributed by atoms with van der Waals surface area (Å²) >= 11 is 0.992. The summed E-state index contributed by atoms with van der Waals surface area (Å²) in [5.41, 5.74) is 0.846. The summed E-state index contributed by atoms with van der Waals surface area (Å²) in [7, 11) is 1.59. The van der Waals surface area contributed by atoms with E-state index in [0.29, 0.717) is 4.91 Å². The van der Waals surface area contributed by atoms with Crippen LogP contribution in [0.3, 0.4) is 0 Å². The molecule has 4 nitrogen and oxygen atoms in total. The van der Waals surface area contributed by atoms with Gasteiger partial charge in [-0.1, -0.05) is 19.1 Å². The number of rotatable bonds is 4. The maximum absolute atomic E-state index is 12.3. The summed E-state index contributed by atoms with van der Waals surface area (Å²) in [6.07, 6.45) is 2.49. The van der Waals surface area contributed by atoms with Crippen LogP contribution < -0.4 is 4.74 Å². The lowest BCUT2D eigenvalue weighted by atomic mass is 10.2. The van der Waals surface area contributed by atoms with Crippen LogP contribution in [0.15, 0.2) is 29.2 Å². The van der Waals surface area contributed by atoms with Crippen LogP contribution in [0.5, 0.6) is 5.75 Å². The number of methoxy groups -OCH3 is 1. The molecular formula is C15H17NO3S. The molecule has 2 amide bonds. The smallest absolute Gasteiger partial charge is 0.293 e. The van der Waals surface area contributed by atoms with Crippen molar-refractivity contribution in [2.24, 2.45) is 0 Å². The van der Waals surface area contributed by atoms with Crippen molar-refractivity contribution >= 4 is 29.0 Å². The topological polar surface area (TPSA) is 46.6 Å². The molecule has 0 spiro atoms. The van der Waals surface area contributed by atoms with E-state index in [2.05, 4.69) is 0 Å². The Morgan fingerprint density at radius 1 is 1.40 bits per heavy atom. The predicted molar refractivity (Wildman–Crippen MR) is 80.6 cm³/mol. The molecule has 0 aromatic heterocycles. The Bertz CT molecular complexity index is 568. The molecule has 1 aliphatic rings. The van der Waals surface area contributed by atoms with Crippen molar-refractivity contribution in [1.29, 1.82) is 0 Å². The van der Waals surface area contributed by atoms with Crippen LogP contribution in [0, 0.1) is 0 Å². The number of hydrogen-bond donors (Lipinski definition) is 0. The first kappa shape index (κ1) is 14.7. The number of thioether (sulfide) groups is 1. The Hall–Kier alpha value is -1.75. The van der Waals surface area contributed by atoms with E-state index >= 15 is 0 Å². The zero-order chi connectivity index (χ0) is 14.7. The molecule has 1 unspecified atom stereocenters. The summed E-state index contributed by atoms with van der Waals surface area (Å²) in [4.78, 5) is 26.0. The van der Waals surface area contributed by atoms with Crippen LogP contribution in [-0.2, 0) is 4.79 Å². The Morgan fingerprint density at radius 3 is 2.80 bits per heavy atom. The zero-order valence-electron chi connectivity index (χ0n) is 11.8. The van der Waals surface area contributed by atoms with Gasteiger partial charge in [0.1, 0.15) is 5.75 Å². The van der Waals surface area contributed by atoms with Crippen molar-refractivity contribution in [3.05, 3.63) is 34.7 Å². The number of imide groups is 1. The Labute approximate surface area is 122 Å². The van der Waals surface area contributed by atoms with Gasteiger partial charge in [-0.3, -0.25) is 14.5 Å². The molecule has 1 saturated heterocycles. The molecule has 1 aliphatic heterocycles. The van der Waals surface area contributed by atoms with Gasteiger partial charge in [0, 0.05) is 6.04 Å². The van der Waals surface area contributed by atoms with Crippen molar-refractivity contribution in [2.75, 3.05) is 7.11 Å². The average molecular weight is 291 g/mol. The molecule has 2 rings (SSSR count). The molecule has 1 atom stereocenters. The van der Waals surface area contributed by atoms with Crippen molar-refractivity contribution in [3.8, 4) is 5.75 Å². The normalized spacial score (nSPS) is 18.8. The van der Waals surface area contributed by atoms with E-state index in [1.54, 1.807) is 13.2 Å². The van der Waals surface area contributed by atoms with Crippen LogP contribution >= 0.6 is 11.8 Å². The van der Waals surface area contributed by atoms with Gasteiger partial charge in [-0.25, -0.2) is 0 Å². The minimum absolute atomic E-state index is 0.0706. The highest BCUT2D eigenvalue weighted by molar-refractivity contribution is 8.18. The van der Waals surface area contributed by atoms with Gasteiger partial charge in [0.2, 0.25) is 0 Å². The van der Waals surface area contributed by atoms with Gasteiger partial charge < -0.3 is 4.74 Å². The second-order valence-corrected chi connectivity index (χ2v) is 5.58. The zero-order valence-corrected chi connectivity index (χ0v) is 12.6. The van der Waals surface area contributed by atoms with Crippen molar-refractivity contribution in [1.82, 2.24) is 4.90 Å². The molecule has 0 N–H and O–H groups in total. The Balaban J connectivity index is 2.27. The van der Waals surface area contributed by atoms with E-state index in [1.807, 2.05) is 38.1 Å². The lowest BCUT2D eigenvalue weighted by Crippen LogP contribution is -2.36. The molecule has 0 aliphatic carbocycles. The number of carbonyl (C=O) groups is 2. The SMILES string of the molecule is CCC(C)N1C(=O)S/C(=C/c2cccc(OC)c2)C1=O. The largest absolute Gasteiger partial charge is 0.497 e. The molecule has 1 aromatic carbocycles. The fourth-order valence-corrected chi connectivity index (χ4v) is 2.86. The second kappa shape index (κ2) is 6.13. The molecule has 20 heavy (non-hydrogen) atoms. The molecule has 0 saturated carbocycles. The highest BCUT2D eigenvalue weighted by Crippen LogP contribution is 2.34. The first-order chi connectivity index (χ1) is 9.56. The van der Waals surface area contributed by atoms with Crippen molar-refractivity contribution < 1.29 is 14.3 Å². The molecule has 5 heteroatoms. The van der Waals surface area contributed by atoms with Gasteiger partial charge >= 0.3 is 0 Å². The third-order valence-corrected chi connectivity index (χ3v) is 4.13. The second-order valence-electron chi connectivity index (χ2n) is 4.59. The van der Waals surface area contributed by atoms with E-state index in [-0.39, 0.29) is 17.2 Å². The summed E-state index contributed by atoms with van der Waals surface area (Å²) in [6.45, 7) is 3.84. The van der Waals surface area contributed by atoms with E-state index in [0.717, 1.165) is 29.5 Å². The molecule has 1 heterocycles. The van der Waals surface area contributed by atoms with E-state index < -0.39 is 0 Å². The fraction of sp³-hybridized carbons (Fsp3) is 0.333. The molecule has 0 bridgehead atoms. The van der Waals surface area contributed by atoms with Gasteiger partial charge in [0.05, 0.1) is 12.0 Å². The van der Waals surface area contributed by atoms with Crippen LogP contribution in [0.1, 0.15) is 25.8 Å². The van der Waals surface area contributed by atoms with Gasteiger partial charge in [-0.05, 0) is 48.9 Å². The summed E-state index contributed by atoms with van der Waals surface area (Å²) < 4.78 is 5.15. The van der Waals surface area contributed by atoms with E-state index in [4.69, 9.17) is 4.74 Å². The van der Waals surface area contributed by atoms with Crippen molar-refractivity contribution in [2.45, 2.75) is 26.3 Å². The Morgan fingerprint density at radius 2 is 2.15 bits per heavy atom. The molecule has 1 fully saturated rings. The number of benzene rings is 1. The van der Waals surface area contributed by atoms with Crippen LogP contribution in [0.25, 0.3) is 6.08 Å². The fourth-order valence-electron chi connectivity index (χ4n) is 1.93. The number of nitrogens with zero attached hydrogens (tertiary/aromatic N) is 1. The molecule has 0 radical (unpaired) electrons. The lowest BCUT2D eigenvalue weighted by Gasteiger charge is -2.19. The number of ether oxygens (including phenoxy) is 1. The number of amides is 2. The maximum atomic E-state index is 12.3. The average Bonchev–Trinajstić information content (AvgIpc) is 2.73. The van der Waals surface area contributed by atoms with Gasteiger partial charge in [0.25, 0.3) is 11.1 Å². The monoisotopic (exact) mass is 291 g/mol. The lowest BCUT2D eigenvalue weighted by molar-refractivity contribution is -0.124. The highest BCUT2D eigenvalue weighted by atomic mass is 32.2. The maximum Gasteiger partial charge on any atom is 0.293 e. The minimum atomic E-state index is -0.211. The number of hydrogen-bond acceptors (Lipinski definition) is 4. The predicted octanol–water partition coefficient (Wildman–Crippen LogP) is 3.53. The van der Waals surface area contributed by atoms with Crippen LogP contribution in [-0.4, -0.2) is 29.2 Å². The van der Waals surface area contributed by atoms with Crippen molar-refractivity contribution in [3.63, 3.8) is 0 Å². The van der Waals surface area contributed by atoms with Gasteiger partial charge in [0.15, 0.2) is 0 Å². The molecule has 1 aromatic rings.